The lowest BCUT2D eigenvalue weighted by Gasteiger charge is -2.00. The summed E-state index contributed by atoms with van der Waals surface area (Å²) < 4.78 is 19.9. The third kappa shape index (κ3) is 3.27. The number of thiazole rings is 1. The standard InChI is InChI=1S/C13H15FN2OS/c1-17-6-5-16-9-12(18-13(16)15)8-10-3-2-4-11(14)7-10/h2-4,7,9,15H,5-6,8H2,1H3. The van der Waals surface area contributed by atoms with Crippen LogP contribution in [0.3, 0.4) is 0 Å². The van der Waals surface area contributed by atoms with E-state index >= 15 is 0 Å². The second kappa shape index (κ2) is 5.93. The molecule has 1 aromatic heterocycles. The Morgan fingerprint density at radius 2 is 2.28 bits per heavy atom. The maximum absolute atomic E-state index is 13.1. The summed E-state index contributed by atoms with van der Waals surface area (Å²) in [5.41, 5.74) is 0.926. The van der Waals surface area contributed by atoms with Crippen molar-refractivity contribution in [2.45, 2.75) is 13.0 Å². The van der Waals surface area contributed by atoms with Crippen molar-refractivity contribution in [2.75, 3.05) is 13.7 Å². The molecule has 1 heterocycles. The molecule has 0 saturated carbocycles. The molecule has 1 N–H and O–H groups in total. The van der Waals surface area contributed by atoms with Crippen LogP contribution < -0.4 is 4.80 Å². The smallest absolute Gasteiger partial charge is 0.182 e. The third-order valence-corrected chi connectivity index (χ3v) is 3.53. The SMILES string of the molecule is COCCn1cc(Cc2cccc(F)c2)sc1=N. The van der Waals surface area contributed by atoms with Crippen molar-refractivity contribution in [2.24, 2.45) is 0 Å². The highest BCUT2D eigenvalue weighted by atomic mass is 32.1. The lowest BCUT2D eigenvalue weighted by atomic mass is 10.1. The Bertz CT molecular complexity index is 576. The normalized spacial score (nSPS) is 10.8. The van der Waals surface area contributed by atoms with Crippen LogP contribution in [-0.2, 0) is 17.7 Å². The Labute approximate surface area is 109 Å². The lowest BCUT2D eigenvalue weighted by molar-refractivity contribution is 0.186. The van der Waals surface area contributed by atoms with E-state index in [-0.39, 0.29) is 5.82 Å². The fraction of sp³-hybridized carbons (Fsp3) is 0.308. The van der Waals surface area contributed by atoms with E-state index < -0.39 is 0 Å². The number of ether oxygens (including phenoxy) is 1. The molecule has 0 amide bonds. The van der Waals surface area contributed by atoms with Crippen LogP contribution in [0.15, 0.2) is 30.5 Å². The lowest BCUT2D eigenvalue weighted by Crippen LogP contribution is -2.14. The van der Waals surface area contributed by atoms with E-state index in [1.165, 1.54) is 23.5 Å². The van der Waals surface area contributed by atoms with Gasteiger partial charge in [-0.3, -0.25) is 5.41 Å². The van der Waals surface area contributed by atoms with Gasteiger partial charge in [0.2, 0.25) is 0 Å². The second-order valence-electron chi connectivity index (χ2n) is 4.00. The first-order valence-corrected chi connectivity index (χ1v) is 6.48. The monoisotopic (exact) mass is 266 g/mol. The van der Waals surface area contributed by atoms with E-state index in [1.807, 2.05) is 16.8 Å². The van der Waals surface area contributed by atoms with Gasteiger partial charge in [-0.25, -0.2) is 4.39 Å². The van der Waals surface area contributed by atoms with Gasteiger partial charge in [-0.05, 0) is 17.7 Å². The molecule has 0 aliphatic rings. The van der Waals surface area contributed by atoms with Crippen LogP contribution in [0, 0.1) is 11.2 Å². The number of benzene rings is 1. The fourth-order valence-electron chi connectivity index (χ4n) is 1.73. The molecule has 96 valence electrons. The summed E-state index contributed by atoms with van der Waals surface area (Å²) in [4.78, 5) is 1.56. The van der Waals surface area contributed by atoms with Gasteiger partial charge in [-0.1, -0.05) is 12.1 Å². The summed E-state index contributed by atoms with van der Waals surface area (Å²) in [5, 5.41) is 7.83. The molecule has 0 fully saturated rings. The number of nitrogens with one attached hydrogen (secondary N) is 1. The summed E-state index contributed by atoms with van der Waals surface area (Å²) >= 11 is 1.42. The van der Waals surface area contributed by atoms with Crippen molar-refractivity contribution in [1.29, 1.82) is 5.41 Å². The molecule has 0 unspecified atom stereocenters. The van der Waals surface area contributed by atoms with Crippen LogP contribution in [-0.4, -0.2) is 18.3 Å². The van der Waals surface area contributed by atoms with Crippen molar-refractivity contribution in [3.05, 3.63) is 51.5 Å². The molecule has 5 heteroatoms. The molecule has 2 rings (SSSR count). The van der Waals surface area contributed by atoms with Crippen LogP contribution in [0.5, 0.6) is 0 Å². The summed E-state index contributed by atoms with van der Waals surface area (Å²) in [6, 6.07) is 6.57. The van der Waals surface area contributed by atoms with Crippen molar-refractivity contribution >= 4 is 11.3 Å². The summed E-state index contributed by atoms with van der Waals surface area (Å²) in [7, 11) is 1.64. The Kier molecular flexibility index (Phi) is 4.28. The van der Waals surface area contributed by atoms with Crippen molar-refractivity contribution in [3.8, 4) is 0 Å². The largest absolute Gasteiger partial charge is 0.383 e. The Morgan fingerprint density at radius 1 is 1.44 bits per heavy atom. The molecular weight excluding hydrogens is 251 g/mol. The first-order valence-electron chi connectivity index (χ1n) is 5.66. The molecule has 3 nitrogen and oxygen atoms in total. The van der Waals surface area contributed by atoms with E-state index in [0.29, 0.717) is 24.4 Å². The molecule has 1 aromatic carbocycles. The minimum Gasteiger partial charge on any atom is -0.383 e. The highest BCUT2D eigenvalue weighted by Crippen LogP contribution is 2.13. The van der Waals surface area contributed by atoms with Gasteiger partial charge in [0.25, 0.3) is 0 Å². The molecule has 0 spiro atoms. The maximum atomic E-state index is 13.1. The number of hydrogen-bond donors (Lipinski definition) is 1. The number of nitrogens with zero attached hydrogens (tertiary/aromatic N) is 1. The van der Waals surface area contributed by atoms with Crippen LogP contribution in [0.25, 0.3) is 0 Å². The number of halogens is 1. The van der Waals surface area contributed by atoms with Gasteiger partial charge in [-0.2, -0.15) is 0 Å². The molecule has 0 atom stereocenters. The summed E-state index contributed by atoms with van der Waals surface area (Å²) in [6.45, 7) is 1.27. The second-order valence-corrected chi connectivity index (χ2v) is 5.11. The number of methoxy groups -OCH3 is 1. The minimum absolute atomic E-state index is 0.220. The van der Waals surface area contributed by atoms with Crippen LogP contribution in [0.4, 0.5) is 4.39 Å². The fourth-order valence-corrected chi connectivity index (χ4v) is 2.66. The predicted octanol–water partition coefficient (Wildman–Crippen LogP) is 2.41. The Balaban J connectivity index is 2.12. The van der Waals surface area contributed by atoms with E-state index in [9.17, 15) is 4.39 Å². The highest BCUT2D eigenvalue weighted by molar-refractivity contribution is 7.09. The maximum Gasteiger partial charge on any atom is 0.182 e. The van der Waals surface area contributed by atoms with Crippen LogP contribution in [0.1, 0.15) is 10.4 Å². The van der Waals surface area contributed by atoms with E-state index in [4.69, 9.17) is 10.1 Å². The van der Waals surface area contributed by atoms with E-state index in [2.05, 4.69) is 0 Å². The summed E-state index contributed by atoms with van der Waals surface area (Å²) in [6.07, 6.45) is 2.60. The first-order chi connectivity index (χ1) is 8.69. The van der Waals surface area contributed by atoms with Gasteiger partial charge in [0.05, 0.1) is 6.61 Å². The third-order valence-electron chi connectivity index (χ3n) is 2.59. The number of rotatable bonds is 5. The van der Waals surface area contributed by atoms with Crippen molar-refractivity contribution < 1.29 is 9.13 Å². The van der Waals surface area contributed by atoms with E-state index in [0.717, 1.165) is 10.4 Å². The van der Waals surface area contributed by atoms with Gasteiger partial charge in [0.1, 0.15) is 5.82 Å². The van der Waals surface area contributed by atoms with Crippen LogP contribution >= 0.6 is 11.3 Å². The zero-order chi connectivity index (χ0) is 13.0. The minimum atomic E-state index is -0.220. The highest BCUT2D eigenvalue weighted by Gasteiger charge is 2.03. The van der Waals surface area contributed by atoms with Crippen LogP contribution in [0.2, 0.25) is 0 Å². The molecular formula is C13H15FN2OS. The predicted molar refractivity (Wildman–Crippen MR) is 69.2 cm³/mol. The molecule has 0 saturated heterocycles. The molecule has 0 radical (unpaired) electrons. The zero-order valence-electron chi connectivity index (χ0n) is 10.1. The average molecular weight is 266 g/mol. The summed E-state index contributed by atoms with van der Waals surface area (Å²) in [5.74, 6) is -0.220. The van der Waals surface area contributed by atoms with Gasteiger partial charge in [0.15, 0.2) is 4.80 Å². The zero-order valence-corrected chi connectivity index (χ0v) is 11.0. The average Bonchev–Trinajstić information content (AvgIpc) is 2.67. The molecule has 2 aromatic rings. The number of hydrogen-bond acceptors (Lipinski definition) is 3. The van der Waals surface area contributed by atoms with E-state index in [1.54, 1.807) is 13.2 Å². The van der Waals surface area contributed by atoms with Gasteiger partial charge < -0.3 is 9.30 Å². The Hall–Kier alpha value is -1.46. The quantitative estimate of drug-likeness (QED) is 0.886. The van der Waals surface area contributed by atoms with Crippen molar-refractivity contribution in [1.82, 2.24) is 4.57 Å². The Morgan fingerprint density at radius 3 is 3.00 bits per heavy atom. The van der Waals surface area contributed by atoms with Gasteiger partial charge in [-0.15, -0.1) is 11.3 Å². The topological polar surface area (TPSA) is 38.0 Å². The van der Waals surface area contributed by atoms with Gasteiger partial charge >= 0.3 is 0 Å². The molecule has 18 heavy (non-hydrogen) atoms. The molecule has 0 bridgehead atoms. The first kappa shape index (κ1) is 13.0. The van der Waals surface area contributed by atoms with Gasteiger partial charge in [0, 0.05) is 31.1 Å². The molecule has 0 aliphatic carbocycles. The van der Waals surface area contributed by atoms with Crippen molar-refractivity contribution in [3.63, 3.8) is 0 Å². The number of aromatic nitrogens is 1. The molecule has 0 aliphatic heterocycles.